The Hall–Kier alpha value is -3.42. The van der Waals surface area contributed by atoms with Crippen molar-refractivity contribution in [2.75, 3.05) is 17.2 Å². The van der Waals surface area contributed by atoms with Crippen LogP contribution in [0.15, 0.2) is 47.1 Å². The van der Waals surface area contributed by atoms with Crippen molar-refractivity contribution in [1.82, 2.24) is 15.1 Å². The smallest absolute Gasteiger partial charge is 0.340 e. The zero-order valence-electron chi connectivity index (χ0n) is 13.8. The Labute approximate surface area is 144 Å². The molecule has 0 amide bonds. The number of para-hydroxylation sites is 1. The van der Waals surface area contributed by atoms with Gasteiger partial charge in [-0.25, -0.2) is 9.78 Å². The average Bonchev–Trinajstić information content (AvgIpc) is 3.01. The minimum atomic E-state index is -0.393. The number of aromatic nitrogens is 3. The maximum absolute atomic E-state index is 12.0. The van der Waals surface area contributed by atoms with Crippen LogP contribution in [-0.4, -0.2) is 27.7 Å². The number of aryl methyl sites for hydroxylation is 1. The second-order valence-corrected chi connectivity index (χ2v) is 5.10. The Morgan fingerprint density at radius 1 is 1.20 bits per heavy atom. The van der Waals surface area contributed by atoms with Crippen LogP contribution in [0, 0.1) is 6.92 Å². The number of hydrogen-bond acceptors (Lipinski definition) is 8. The van der Waals surface area contributed by atoms with Gasteiger partial charge in [-0.2, -0.15) is 4.98 Å². The van der Waals surface area contributed by atoms with E-state index < -0.39 is 5.97 Å². The minimum Gasteiger partial charge on any atom is -0.462 e. The average molecular weight is 339 g/mol. The normalized spacial score (nSPS) is 10.3. The zero-order valence-corrected chi connectivity index (χ0v) is 13.8. The van der Waals surface area contributed by atoms with Crippen molar-refractivity contribution in [2.24, 2.45) is 0 Å². The Balaban J connectivity index is 1.80. The lowest BCUT2D eigenvalue weighted by molar-refractivity contribution is 0.0527. The molecular weight excluding hydrogens is 322 g/mol. The maximum atomic E-state index is 12.0. The molecule has 0 aliphatic carbocycles. The monoisotopic (exact) mass is 339 g/mol. The van der Waals surface area contributed by atoms with Gasteiger partial charge < -0.3 is 19.9 Å². The van der Waals surface area contributed by atoms with E-state index in [-0.39, 0.29) is 0 Å². The first-order chi connectivity index (χ1) is 12.2. The highest BCUT2D eigenvalue weighted by Crippen LogP contribution is 2.21. The van der Waals surface area contributed by atoms with E-state index in [4.69, 9.17) is 9.26 Å². The lowest BCUT2D eigenvalue weighted by Crippen LogP contribution is -2.08. The SMILES string of the molecule is CCOC(=O)c1ccccc1Nc1ccnc(Nc2cc(C)on2)n1. The summed E-state index contributed by atoms with van der Waals surface area (Å²) < 4.78 is 10.1. The van der Waals surface area contributed by atoms with Crippen LogP contribution in [-0.2, 0) is 4.74 Å². The van der Waals surface area contributed by atoms with Gasteiger partial charge in [0.05, 0.1) is 17.9 Å². The summed E-state index contributed by atoms with van der Waals surface area (Å²) in [6, 6.07) is 10.5. The number of anilines is 4. The number of carbonyl (C=O) groups excluding carboxylic acids is 1. The van der Waals surface area contributed by atoms with Gasteiger partial charge in [0, 0.05) is 12.3 Å². The van der Waals surface area contributed by atoms with Gasteiger partial charge in [0.2, 0.25) is 5.95 Å². The van der Waals surface area contributed by atoms with Crippen LogP contribution < -0.4 is 10.6 Å². The van der Waals surface area contributed by atoms with Crippen molar-refractivity contribution < 1.29 is 14.1 Å². The summed E-state index contributed by atoms with van der Waals surface area (Å²) in [6.07, 6.45) is 1.59. The van der Waals surface area contributed by atoms with E-state index in [1.807, 2.05) is 6.07 Å². The van der Waals surface area contributed by atoms with Crippen molar-refractivity contribution in [3.63, 3.8) is 0 Å². The fourth-order valence-corrected chi connectivity index (χ4v) is 2.15. The fraction of sp³-hybridized carbons (Fsp3) is 0.176. The number of ether oxygens (including phenoxy) is 1. The largest absolute Gasteiger partial charge is 0.462 e. The quantitative estimate of drug-likeness (QED) is 0.659. The van der Waals surface area contributed by atoms with E-state index in [2.05, 4.69) is 25.8 Å². The molecule has 0 aliphatic heterocycles. The van der Waals surface area contributed by atoms with E-state index in [1.54, 1.807) is 50.4 Å². The summed E-state index contributed by atoms with van der Waals surface area (Å²) in [6.45, 7) is 3.87. The predicted molar refractivity (Wildman–Crippen MR) is 92.2 cm³/mol. The number of hydrogen-bond donors (Lipinski definition) is 2. The first-order valence-corrected chi connectivity index (χ1v) is 7.72. The number of carbonyl (C=O) groups is 1. The number of nitrogens with zero attached hydrogens (tertiary/aromatic N) is 3. The molecule has 128 valence electrons. The van der Waals surface area contributed by atoms with E-state index in [9.17, 15) is 4.79 Å². The van der Waals surface area contributed by atoms with E-state index in [1.165, 1.54) is 0 Å². The molecule has 0 saturated heterocycles. The van der Waals surface area contributed by atoms with E-state index in [0.717, 1.165) is 0 Å². The predicted octanol–water partition coefficient (Wildman–Crippen LogP) is 3.44. The molecule has 0 atom stereocenters. The number of rotatable bonds is 6. The van der Waals surface area contributed by atoms with Gasteiger partial charge in [-0.15, -0.1) is 0 Å². The topological polar surface area (TPSA) is 102 Å². The Morgan fingerprint density at radius 3 is 2.80 bits per heavy atom. The van der Waals surface area contributed by atoms with Crippen molar-refractivity contribution >= 4 is 29.2 Å². The fourth-order valence-electron chi connectivity index (χ4n) is 2.15. The molecule has 0 saturated carbocycles. The molecule has 2 N–H and O–H groups in total. The third kappa shape index (κ3) is 4.11. The van der Waals surface area contributed by atoms with Gasteiger partial charge in [-0.05, 0) is 32.0 Å². The lowest BCUT2D eigenvalue weighted by atomic mass is 10.2. The molecule has 25 heavy (non-hydrogen) atoms. The van der Waals surface area contributed by atoms with Gasteiger partial charge >= 0.3 is 5.97 Å². The van der Waals surface area contributed by atoms with Crippen LogP contribution in [0.3, 0.4) is 0 Å². The van der Waals surface area contributed by atoms with Crippen LogP contribution in [0.5, 0.6) is 0 Å². The van der Waals surface area contributed by atoms with Gasteiger partial charge in [0.25, 0.3) is 0 Å². The molecule has 0 radical (unpaired) electrons. The molecular formula is C17H17N5O3. The highest BCUT2D eigenvalue weighted by molar-refractivity contribution is 5.96. The van der Waals surface area contributed by atoms with Crippen molar-refractivity contribution in [3.8, 4) is 0 Å². The van der Waals surface area contributed by atoms with Crippen LogP contribution in [0.2, 0.25) is 0 Å². The maximum Gasteiger partial charge on any atom is 0.340 e. The molecule has 0 bridgehead atoms. The van der Waals surface area contributed by atoms with Crippen molar-refractivity contribution in [2.45, 2.75) is 13.8 Å². The van der Waals surface area contributed by atoms with Crippen LogP contribution >= 0.6 is 0 Å². The highest BCUT2D eigenvalue weighted by atomic mass is 16.5. The van der Waals surface area contributed by atoms with Crippen LogP contribution in [0.4, 0.5) is 23.3 Å². The molecule has 3 aromatic rings. The molecule has 1 aromatic carbocycles. The molecule has 3 rings (SSSR count). The second-order valence-electron chi connectivity index (χ2n) is 5.10. The first-order valence-electron chi connectivity index (χ1n) is 7.72. The number of esters is 1. The molecule has 2 heterocycles. The van der Waals surface area contributed by atoms with Crippen molar-refractivity contribution in [3.05, 3.63) is 53.9 Å². The first kappa shape index (κ1) is 16.4. The van der Waals surface area contributed by atoms with Crippen molar-refractivity contribution in [1.29, 1.82) is 0 Å². The molecule has 0 unspecified atom stereocenters. The molecule has 8 nitrogen and oxygen atoms in total. The van der Waals surface area contributed by atoms with Gasteiger partial charge in [0.15, 0.2) is 5.82 Å². The van der Waals surface area contributed by atoms with Gasteiger partial charge in [0.1, 0.15) is 11.6 Å². The molecule has 8 heteroatoms. The van der Waals surface area contributed by atoms with Crippen LogP contribution in [0.25, 0.3) is 0 Å². The highest BCUT2D eigenvalue weighted by Gasteiger charge is 2.12. The molecule has 0 fully saturated rings. The van der Waals surface area contributed by atoms with E-state index in [0.29, 0.717) is 41.2 Å². The Kier molecular flexibility index (Phi) is 4.89. The second kappa shape index (κ2) is 7.43. The zero-order chi connectivity index (χ0) is 17.6. The Morgan fingerprint density at radius 2 is 2.04 bits per heavy atom. The summed E-state index contributed by atoms with van der Waals surface area (Å²) >= 11 is 0. The minimum absolute atomic E-state index is 0.311. The summed E-state index contributed by atoms with van der Waals surface area (Å²) in [5.74, 6) is 1.68. The van der Waals surface area contributed by atoms with E-state index >= 15 is 0 Å². The number of nitrogens with one attached hydrogen (secondary N) is 2. The van der Waals surface area contributed by atoms with Gasteiger partial charge in [-0.3, -0.25) is 0 Å². The standard InChI is InChI=1S/C17H17N5O3/c1-3-24-16(23)12-6-4-5-7-13(12)19-14-8-9-18-17(20-14)21-15-10-11(2)25-22-15/h4-10H,3H2,1-2H3,(H2,18,19,20,21,22). The summed E-state index contributed by atoms with van der Waals surface area (Å²) in [5, 5.41) is 9.89. The number of benzene rings is 1. The van der Waals surface area contributed by atoms with Crippen LogP contribution in [0.1, 0.15) is 23.0 Å². The molecule has 0 spiro atoms. The molecule has 2 aromatic heterocycles. The summed E-state index contributed by atoms with van der Waals surface area (Å²) in [4.78, 5) is 20.5. The summed E-state index contributed by atoms with van der Waals surface area (Å²) in [7, 11) is 0. The lowest BCUT2D eigenvalue weighted by Gasteiger charge is -2.11. The molecule has 0 aliphatic rings. The third-order valence-electron chi connectivity index (χ3n) is 3.21. The Bertz CT molecular complexity index is 878. The summed E-state index contributed by atoms with van der Waals surface area (Å²) in [5.41, 5.74) is 1.03. The third-order valence-corrected chi connectivity index (χ3v) is 3.21. The van der Waals surface area contributed by atoms with Gasteiger partial charge in [-0.1, -0.05) is 17.3 Å².